The van der Waals surface area contributed by atoms with Gasteiger partial charge in [-0.2, -0.15) is 0 Å². The summed E-state index contributed by atoms with van der Waals surface area (Å²) >= 11 is 1.42. The van der Waals surface area contributed by atoms with Gasteiger partial charge in [0, 0.05) is 16.8 Å². The lowest BCUT2D eigenvalue weighted by Gasteiger charge is -2.09. The van der Waals surface area contributed by atoms with Crippen molar-refractivity contribution in [3.63, 3.8) is 0 Å². The Morgan fingerprint density at radius 2 is 2.31 bits per heavy atom. The van der Waals surface area contributed by atoms with E-state index < -0.39 is 5.91 Å². The molecule has 0 saturated heterocycles. The first-order valence-corrected chi connectivity index (χ1v) is 5.61. The fourth-order valence-electron chi connectivity index (χ4n) is 1.12. The smallest absolute Gasteiger partial charge is 0.322 e. The van der Waals surface area contributed by atoms with Crippen molar-refractivity contribution in [1.82, 2.24) is 5.32 Å². The number of thiophene rings is 1. The monoisotopic (exact) mass is 242 g/mol. The standard InChI is InChI=1S/C10H14N2O3S/c1-6(10(14)15-2)12-4-8-3-7(5-16-8)9(11)13/h3,5-6,12H,4H2,1-2H3,(H2,11,13)/t6-/m0/s1. The first-order chi connectivity index (χ1) is 7.54. The summed E-state index contributed by atoms with van der Waals surface area (Å²) in [6.45, 7) is 2.22. The molecule has 3 N–H and O–H groups in total. The number of methoxy groups -OCH3 is 1. The van der Waals surface area contributed by atoms with E-state index >= 15 is 0 Å². The minimum atomic E-state index is -0.441. The van der Waals surface area contributed by atoms with Gasteiger partial charge < -0.3 is 10.5 Å². The largest absolute Gasteiger partial charge is 0.468 e. The molecule has 16 heavy (non-hydrogen) atoms. The van der Waals surface area contributed by atoms with E-state index in [1.807, 2.05) is 0 Å². The first-order valence-electron chi connectivity index (χ1n) is 4.73. The van der Waals surface area contributed by atoms with Crippen molar-refractivity contribution in [3.05, 3.63) is 21.9 Å². The molecule has 5 nitrogen and oxygen atoms in total. The number of hydrogen-bond donors (Lipinski definition) is 2. The Labute approximate surface area is 97.6 Å². The normalized spacial score (nSPS) is 12.1. The third-order valence-corrected chi connectivity index (χ3v) is 3.01. The van der Waals surface area contributed by atoms with Gasteiger partial charge in [-0.15, -0.1) is 11.3 Å². The van der Waals surface area contributed by atoms with E-state index in [-0.39, 0.29) is 12.0 Å². The lowest BCUT2D eigenvalue weighted by molar-refractivity contribution is -0.142. The Balaban J connectivity index is 2.48. The summed E-state index contributed by atoms with van der Waals surface area (Å²) in [4.78, 5) is 22.9. The summed E-state index contributed by atoms with van der Waals surface area (Å²) in [5.74, 6) is -0.754. The fourth-order valence-corrected chi connectivity index (χ4v) is 1.94. The second-order valence-electron chi connectivity index (χ2n) is 3.29. The third-order valence-electron chi connectivity index (χ3n) is 2.08. The number of rotatable bonds is 5. The van der Waals surface area contributed by atoms with Gasteiger partial charge in [-0.1, -0.05) is 0 Å². The Morgan fingerprint density at radius 1 is 1.62 bits per heavy atom. The molecular formula is C10H14N2O3S. The van der Waals surface area contributed by atoms with Gasteiger partial charge in [0.15, 0.2) is 0 Å². The van der Waals surface area contributed by atoms with E-state index in [4.69, 9.17) is 5.73 Å². The molecule has 0 aliphatic rings. The minimum absolute atomic E-state index is 0.313. The summed E-state index contributed by atoms with van der Waals surface area (Å²) in [5, 5.41) is 4.68. The summed E-state index contributed by atoms with van der Waals surface area (Å²) < 4.78 is 4.57. The molecule has 0 fully saturated rings. The number of carbonyl (C=O) groups is 2. The van der Waals surface area contributed by atoms with Crippen LogP contribution >= 0.6 is 11.3 Å². The predicted molar refractivity (Wildman–Crippen MR) is 61.2 cm³/mol. The van der Waals surface area contributed by atoms with Crippen LogP contribution < -0.4 is 11.1 Å². The molecule has 0 radical (unpaired) electrons. The number of carbonyl (C=O) groups excluding carboxylic acids is 2. The first kappa shape index (κ1) is 12.7. The molecular weight excluding hydrogens is 228 g/mol. The van der Waals surface area contributed by atoms with Crippen molar-refractivity contribution in [2.75, 3.05) is 7.11 Å². The topological polar surface area (TPSA) is 81.4 Å². The molecule has 6 heteroatoms. The van der Waals surface area contributed by atoms with Crippen LogP contribution in [0.3, 0.4) is 0 Å². The van der Waals surface area contributed by atoms with Crippen molar-refractivity contribution in [2.45, 2.75) is 19.5 Å². The van der Waals surface area contributed by atoms with Crippen molar-refractivity contribution < 1.29 is 14.3 Å². The van der Waals surface area contributed by atoms with Crippen LogP contribution in [-0.4, -0.2) is 25.0 Å². The number of hydrogen-bond acceptors (Lipinski definition) is 5. The van der Waals surface area contributed by atoms with E-state index in [0.29, 0.717) is 12.1 Å². The molecule has 1 aromatic heterocycles. The highest BCUT2D eigenvalue weighted by Gasteiger charge is 2.12. The lowest BCUT2D eigenvalue weighted by Crippen LogP contribution is -2.34. The van der Waals surface area contributed by atoms with Crippen molar-refractivity contribution in [2.24, 2.45) is 5.73 Å². The molecule has 0 saturated carbocycles. The number of amides is 1. The molecule has 1 heterocycles. The number of nitrogens with two attached hydrogens (primary N) is 1. The van der Waals surface area contributed by atoms with E-state index in [1.54, 1.807) is 18.4 Å². The van der Waals surface area contributed by atoms with Crippen LogP contribution in [0, 0.1) is 0 Å². The number of ether oxygens (including phenoxy) is 1. The van der Waals surface area contributed by atoms with Crippen LogP contribution in [0.15, 0.2) is 11.4 Å². The molecule has 0 aliphatic carbocycles. The number of esters is 1. The summed E-state index contributed by atoms with van der Waals surface area (Å²) in [7, 11) is 1.34. The summed E-state index contributed by atoms with van der Waals surface area (Å²) in [5.41, 5.74) is 5.62. The number of primary amides is 1. The van der Waals surface area contributed by atoms with Gasteiger partial charge >= 0.3 is 5.97 Å². The molecule has 1 atom stereocenters. The van der Waals surface area contributed by atoms with Gasteiger partial charge in [0.2, 0.25) is 5.91 Å². The maximum Gasteiger partial charge on any atom is 0.322 e. The highest BCUT2D eigenvalue weighted by Crippen LogP contribution is 2.14. The second-order valence-corrected chi connectivity index (χ2v) is 4.29. The molecule has 88 valence electrons. The van der Waals surface area contributed by atoms with E-state index in [2.05, 4.69) is 10.1 Å². The van der Waals surface area contributed by atoms with Crippen LogP contribution in [0.2, 0.25) is 0 Å². The van der Waals surface area contributed by atoms with Gasteiger partial charge in [-0.05, 0) is 13.0 Å². The zero-order valence-electron chi connectivity index (χ0n) is 9.15. The maximum atomic E-state index is 11.1. The highest BCUT2D eigenvalue weighted by atomic mass is 32.1. The van der Waals surface area contributed by atoms with Crippen LogP contribution in [0.4, 0.5) is 0 Å². The van der Waals surface area contributed by atoms with Gasteiger partial charge in [0.25, 0.3) is 0 Å². The average Bonchev–Trinajstić information content (AvgIpc) is 2.73. The fraction of sp³-hybridized carbons (Fsp3) is 0.400. The molecule has 0 aromatic carbocycles. The van der Waals surface area contributed by atoms with Crippen LogP contribution in [0.1, 0.15) is 22.2 Å². The predicted octanol–water partition coefficient (Wildman–Crippen LogP) is 0.498. The molecule has 0 bridgehead atoms. The van der Waals surface area contributed by atoms with Crippen molar-refractivity contribution in [3.8, 4) is 0 Å². The van der Waals surface area contributed by atoms with Gasteiger partial charge in [-0.25, -0.2) is 0 Å². The molecule has 1 aromatic rings. The van der Waals surface area contributed by atoms with Crippen molar-refractivity contribution in [1.29, 1.82) is 0 Å². The van der Waals surface area contributed by atoms with Gasteiger partial charge in [0.05, 0.1) is 12.7 Å². The Bertz CT molecular complexity index is 389. The molecule has 0 unspecified atom stereocenters. The Morgan fingerprint density at radius 3 is 2.81 bits per heavy atom. The second kappa shape index (κ2) is 5.62. The zero-order valence-corrected chi connectivity index (χ0v) is 9.97. The molecule has 0 aliphatic heterocycles. The van der Waals surface area contributed by atoms with E-state index in [0.717, 1.165) is 4.88 Å². The Kier molecular flexibility index (Phi) is 4.45. The highest BCUT2D eigenvalue weighted by molar-refractivity contribution is 7.10. The molecule has 1 amide bonds. The van der Waals surface area contributed by atoms with Gasteiger partial charge in [-0.3, -0.25) is 14.9 Å². The van der Waals surface area contributed by atoms with Crippen LogP contribution in [0.25, 0.3) is 0 Å². The lowest BCUT2D eigenvalue weighted by atomic mass is 10.3. The van der Waals surface area contributed by atoms with E-state index in [9.17, 15) is 9.59 Å². The van der Waals surface area contributed by atoms with E-state index in [1.165, 1.54) is 18.4 Å². The minimum Gasteiger partial charge on any atom is -0.468 e. The van der Waals surface area contributed by atoms with Crippen LogP contribution in [-0.2, 0) is 16.1 Å². The third kappa shape index (κ3) is 3.32. The van der Waals surface area contributed by atoms with Crippen LogP contribution in [0.5, 0.6) is 0 Å². The number of nitrogens with one attached hydrogen (secondary N) is 1. The molecule has 0 spiro atoms. The van der Waals surface area contributed by atoms with Crippen molar-refractivity contribution >= 4 is 23.2 Å². The zero-order chi connectivity index (χ0) is 12.1. The molecule has 1 rings (SSSR count). The van der Waals surface area contributed by atoms with Gasteiger partial charge in [0.1, 0.15) is 6.04 Å². The summed E-state index contributed by atoms with van der Waals surface area (Å²) in [6, 6.07) is 1.34. The Hall–Kier alpha value is -1.40. The summed E-state index contributed by atoms with van der Waals surface area (Å²) in [6.07, 6.45) is 0. The average molecular weight is 242 g/mol. The quantitative estimate of drug-likeness (QED) is 0.737. The SMILES string of the molecule is COC(=O)[C@H](C)NCc1cc(C(N)=O)cs1. The maximum absolute atomic E-state index is 11.1.